The van der Waals surface area contributed by atoms with Gasteiger partial charge in [-0.25, -0.2) is 4.98 Å². The van der Waals surface area contributed by atoms with Gasteiger partial charge in [0, 0.05) is 23.9 Å². The summed E-state index contributed by atoms with van der Waals surface area (Å²) < 4.78 is 2.18. The van der Waals surface area contributed by atoms with Gasteiger partial charge in [0.15, 0.2) is 4.96 Å². The molecule has 0 saturated heterocycles. The van der Waals surface area contributed by atoms with Gasteiger partial charge in [-0.2, -0.15) is 0 Å². The molecule has 5 heteroatoms. The van der Waals surface area contributed by atoms with E-state index >= 15 is 0 Å². The van der Waals surface area contributed by atoms with E-state index in [0.29, 0.717) is 0 Å². The summed E-state index contributed by atoms with van der Waals surface area (Å²) in [5, 5.41) is 6.44. The first-order valence-corrected chi connectivity index (χ1v) is 8.42. The zero-order chi connectivity index (χ0) is 13.9. The average molecular weight is 303 g/mol. The Hall–Kier alpha value is -1.30. The topological polar surface area (TPSA) is 29.3 Å². The molecule has 3 nitrogen and oxygen atoms in total. The Labute approximate surface area is 127 Å². The van der Waals surface area contributed by atoms with Crippen LogP contribution >= 0.6 is 23.1 Å². The van der Waals surface area contributed by atoms with E-state index in [1.54, 1.807) is 11.3 Å². The molecule has 0 aliphatic rings. The van der Waals surface area contributed by atoms with Crippen LogP contribution in [0.15, 0.2) is 40.9 Å². The highest BCUT2D eigenvalue weighted by Crippen LogP contribution is 2.28. The molecule has 1 aromatic carbocycles. The molecule has 1 N–H and O–H groups in total. The van der Waals surface area contributed by atoms with Gasteiger partial charge < -0.3 is 5.32 Å². The van der Waals surface area contributed by atoms with Gasteiger partial charge >= 0.3 is 0 Å². The quantitative estimate of drug-likeness (QED) is 0.729. The average Bonchev–Trinajstić information content (AvgIpc) is 3.00. The minimum atomic E-state index is 0.841. The van der Waals surface area contributed by atoms with Crippen molar-refractivity contribution in [1.82, 2.24) is 14.7 Å². The summed E-state index contributed by atoms with van der Waals surface area (Å²) in [5.74, 6) is 0.962. The Balaban J connectivity index is 1.83. The normalized spacial score (nSPS) is 11.3. The SMILES string of the molecule is CNCc1c(SCc2cccc(C)c2)nc2sccn12. The molecular weight excluding hydrogens is 286 g/mol. The summed E-state index contributed by atoms with van der Waals surface area (Å²) in [6.45, 7) is 2.97. The molecule has 0 aliphatic carbocycles. The third-order valence-electron chi connectivity index (χ3n) is 3.13. The number of nitrogens with zero attached hydrogens (tertiary/aromatic N) is 2. The summed E-state index contributed by atoms with van der Waals surface area (Å²) in [6.07, 6.45) is 2.09. The van der Waals surface area contributed by atoms with Crippen molar-refractivity contribution in [1.29, 1.82) is 0 Å². The number of hydrogen-bond donors (Lipinski definition) is 1. The lowest BCUT2D eigenvalue weighted by atomic mass is 10.2. The number of aryl methyl sites for hydroxylation is 1. The van der Waals surface area contributed by atoms with Crippen LogP contribution in [0.4, 0.5) is 0 Å². The van der Waals surface area contributed by atoms with Gasteiger partial charge in [0.1, 0.15) is 5.03 Å². The first-order chi connectivity index (χ1) is 9.78. The maximum absolute atomic E-state index is 4.73. The molecular formula is C15H17N3S2. The highest BCUT2D eigenvalue weighted by atomic mass is 32.2. The molecule has 2 heterocycles. The Bertz CT molecular complexity index is 715. The van der Waals surface area contributed by atoms with Crippen molar-refractivity contribution >= 4 is 28.1 Å². The van der Waals surface area contributed by atoms with Crippen molar-refractivity contribution in [3.8, 4) is 0 Å². The zero-order valence-corrected chi connectivity index (χ0v) is 13.2. The molecule has 2 aromatic heterocycles. The van der Waals surface area contributed by atoms with Crippen LogP contribution in [0.3, 0.4) is 0 Å². The predicted molar refractivity (Wildman–Crippen MR) is 86.6 cm³/mol. The van der Waals surface area contributed by atoms with Crippen molar-refractivity contribution < 1.29 is 0 Å². The summed E-state index contributed by atoms with van der Waals surface area (Å²) >= 11 is 3.50. The molecule has 3 aromatic rings. The van der Waals surface area contributed by atoms with E-state index in [9.17, 15) is 0 Å². The third-order valence-corrected chi connectivity index (χ3v) is 4.96. The summed E-state index contributed by atoms with van der Waals surface area (Å²) in [6, 6.07) is 8.66. The highest BCUT2D eigenvalue weighted by molar-refractivity contribution is 7.98. The summed E-state index contributed by atoms with van der Waals surface area (Å²) in [4.78, 5) is 5.80. The fourth-order valence-corrected chi connectivity index (χ4v) is 3.97. The highest BCUT2D eigenvalue weighted by Gasteiger charge is 2.12. The number of fused-ring (bicyclic) bond motifs is 1. The van der Waals surface area contributed by atoms with Crippen molar-refractivity contribution in [2.75, 3.05) is 7.05 Å². The van der Waals surface area contributed by atoms with Gasteiger partial charge in [0.25, 0.3) is 0 Å². The Kier molecular flexibility index (Phi) is 4.10. The summed E-state index contributed by atoms with van der Waals surface area (Å²) in [5.41, 5.74) is 3.91. The van der Waals surface area contributed by atoms with Crippen LogP contribution in [0.5, 0.6) is 0 Å². The molecule has 3 rings (SSSR count). The fourth-order valence-electron chi connectivity index (χ4n) is 2.21. The van der Waals surface area contributed by atoms with Gasteiger partial charge in [0.05, 0.1) is 5.69 Å². The number of hydrogen-bond acceptors (Lipinski definition) is 4. The summed E-state index contributed by atoms with van der Waals surface area (Å²) in [7, 11) is 1.97. The zero-order valence-electron chi connectivity index (χ0n) is 11.6. The molecule has 0 atom stereocenters. The fraction of sp³-hybridized carbons (Fsp3) is 0.267. The Morgan fingerprint density at radius 3 is 3.10 bits per heavy atom. The maximum atomic E-state index is 4.73. The molecule has 0 aliphatic heterocycles. The first kappa shape index (κ1) is 13.7. The van der Waals surface area contributed by atoms with Crippen molar-refractivity contribution in [3.63, 3.8) is 0 Å². The number of imidazole rings is 1. The molecule has 0 fully saturated rings. The lowest BCUT2D eigenvalue weighted by molar-refractivity contribution is 0.765. The standard InChI is InChI=1S/C15H17N3S2/c1-11-4-3-5-12(8-11)10-20-14-13(9-16-2)18-6-7-19-15(18)17-14/h3-8,16H,9-10H2,1-2H3. The molecule has 0 spiro atoms. The Morgan fingerprint density at radius 1 is 1.40 bits per heavy atom. The van der Waals surface area contributed by atoms with E-state index in [4.69, 9.17) is 4.98 Å². The van der Waals surface area contributed by atoms with Crippen LogP contribution in [0, 0.1) is 6.92 Å². The van der Waals surface area contributed by atoms with Gasteiger partial charge in [-0.05, 0) is 19.5 Å². The molecule has 0 unspecified atom stereocenters. The van der Waals surface area contributed by atoms with Crippen molar-refractivity contribution in [3.05, 3.63) is 52.7 Å². The van der Waals surface area contributed by atoms with E-state index < -0.39 is 0 Å². The first-order valence-electron chi connectivity index (χ1n) is 6.55. The number of aromatic nitrogens is 2. The minimum absolute atomic E-state index is 0.841. The van der Waals surface area contributed by atoms with Crippen LogP contribution in [0.25, 0.3) is 4.96 Å². The molecule has 0 saturated carbocycles. The lowest BCUT2D eigenvalue weighted by Gasteiger charge is -2.04. The van der Waals surface area contributed by atoms with Crippen LogP contribution in [0.2, 0.25) is 0 Å². The second kappa shape index (κ2) is 5.99. The molecule has 0 amide bonds. The minimum Gasteiger partial charge on any atom is -0.314 e. The van der Waals surface area contributed by atoms with Crippen LogP contribution < -0.4 is 5.32 Å². The molecule has 104 valence electrons. The van der Waals surface area contributed by atoms with E-state index in [1.165, 1.54) is 16.8 Å². The van der Waals surface area contributed by atoms with Crippen LogP contribution in [-0.4, -0.2) is 16.4 Å². The number of rotatable bonds is 5. The number of thiazole rings is 1. The van der Waals surface area contributed by atoms with Gasteiger partial charge in [-0.3, -0.25) is 4.40 Å². The predicted octanol–water partition coefficient (Wildman–Crippen LogP) is 3.72. The van der Waals surface area contributed by atoms with E-state index in [-0.39, 0.29) is 0 Å². The monoisotopic (exact) mass is 303 g/mol. The van der Waals surface area contributed by atoms with Gasteiger partial charge in [-0.1, -0.05) is 41.6 Å². The molecule has 0 bridgehead atoms. The lowest BCUT2D eigenvalue weighted by Crippen LogP contribution is -2.08. The largest absolute Gasteiger partial charge is 0.314 e. The third kappa shape index (κ3) is 2.75. The number of benzene rings is 1. The number of thioether (sulfide) groups is 1. The second-order valence-corrected chi connectivity index (χ2v) is 6.56. The Morgan fingerprint density at radius 2 is 2.30 bits per heavy atom. The smallest absolute Gasteiger partial charge is 0.194 e. The van der Waals surface area contributed by atoms with Crippen LogP contribution in [0.1, 0.15) is 16.8 Å². The maximum Gasteiger partial charge on any atom is 0.194 e. The van der Waals surface area contributed by atoms with Gasteiger partial charge in [0.2, 0.25) is 0 Å². The van der Waals surface area contributed by atoms with E-state index in [0.717, 1.165) is 22.3 Å². The van der Waals surface area contributed by atoms with E-state index in [2.05, 4.69) is 52.5 Å². The van der Waals surface area contributed by atoms with Crippen molar-refractivity contribution in [2.45, 2.75) is 24.2 Å². The second-order valence-electron chi connectivity index (χ2n) is 4.73. The van der Waals surface area contributed by atoms with Crippen molar-refractivity contribution in [2.24, 2.45) is 0 Å². The molecule has 0 radical (unpaired) electrons. The number of nitrogens with one attached hydrogen (secondary N) is 1. The van der Waals surface area contributed by atoms with Crippen LogP contribution in [-0.2, 0) is 12.3 Å². The molecule has 20 heavy (non-hydrogen) atoms. The van der Waals surface area contributed by atoms with E-state index in [1.807, 2.05) is 18.8 Å². The van der Waals surface area contributed by atoms with Gasteiger partial charge in [-0.15, -0.1) is 11.3 Å².